The molecule has 3 N–H and O–H groups in total. The van der Waals surface area contributed by atoms with Gasteiger partial charge in [0.15, 0.2) is 0 Å². The normalized spacial score (nSPS) is 12.1. The summed E-state index contributed by atoms with van der Waals surface area (Å²) in [5, 5.41) is 20.0. The molecule has 2 aromatic rings. The number of carboxylic acid groups (broad SMARTS) is 1. The first-order valence-corrected chi connectivity index (χ1v) is 6.30. The fourth-order valence-electron chi connectivity index (χ4n) is 2.19. The molecule has 0 amide bonds. The summed E-state index contributed by atoms with van der Waals surface area (Å²) in [6.45, 7) is 1.77. The van der Waals surface area contributed by atoms with Crippen LogP contribution < -0.4 is 5.73 Å². The van der Waals surface area contributed by atoms with Crippen molar-refractivity contribution in [2.24, 2.45) is 5.73 Å². The number of nitro groups is 1. The van der Waals surface area contributed by atoms with Crippen LogP contribution in [0, 0.1) is 17.0 Å². The molecule has 0 aliphatic heterocycles. The predicted octanol–water partition coefficient (Wildman–Crippen LogP) is 2.17. The van der Waals surface area contributed by atoms with Gasteiger partial charge in [0.25, 0.3) is 5.69 Å². The number of aliphatic carboxylic acids is 1. The maximum atomic E-state index is 11.2. The highest BCUT2D eigenvalue weighted by Gasteiger charge is 2.20. The molecule has 2 rings (SSSR count). The lowest BCUT2D eigenvalue weighted by Crippen LogP contribution is -2.18. The summed E-state index contributed by atoms with van der Waals surface area (Å²) < 4.78 is 1.56. The van der Waals surface area contributed by atoms with Crippen LogP contribution in [-0.4, -0.2) is 20.6 Å². The van der Waals surface area contributed by atoms with E-state index in [2.05, 4.69) is 0 Å². The largest absolute Gasteiger partial charge is 0.481 e. The maximum absolute atomic E-state index is 11.2. The van der Waals surface area contributed by atoms with Crippen LogP contribution in [0.1, 0.15) is 23.7 Å². The average molecular weight is 289 g/mol. The molecule has 0 aliphatic carbocycles. The van der Waals surface area contributed by atoms with Crippen LogP contribution in [0.2, 0.25) is 0 Å². The summed E-state index contributed by atoms with van der Waals surface area (Å²) in [5.74, 6) is -1.02. The van der Waals surface area contributed by atoms with Gasteiger partial charge in [0.1, 0.15) is 5.69 Å². The van der Waals surface area contributed by atoms with E-state index in [-0.39, 0.29) is 12.1 Å². The van der Waals surface area contributed by atoms with Crippen molar-refractivity contribution in [3.05, 3.63) is 57.9 Å². The minimum atomic E-state index is -1.02. The lowest BCUT2D eigenvalue weighted by Gasteiger charge is -2.14. The Kier molecular flexibility index (Phi) is 4.04. The fraction of sp³-hybridized carbons (Fsp3) is 0.214. The van der Waals surface area contributed by atoms with Gasteiger partial charge in [-0.15, -0.1) is 0 Å². The van der Waals surface area contributed by atoms with E-state index < -0.39 is 16.9 Å². The molecule has 0 saturated carbocycles. The Hall–Kier alpha value is -2.67. The third-order valence-electron chi connectivity index (χ3n) is 3.14. The number of nitro benzene ring substituents is 1. The molecular formula is C14H15N3O4. The number of aryl methyl sites for hydroxylation is 1. The maximum Gasteiger partial charge on any atom is 0.305 e. The van der Waals surface area contributed by atoms with Gasteiger partial charge in [-0.2, -0.15) is 0 Å². The topological polar surface area (TPSA) is 111 Å². The van der Waals surface area contributed by atoms with Crippen LogP contribution in [-0.2, 0) is 4.79 Å². The van der Waals surface area contributed by atoms with E-state index in [9.17, 15) is 14.9 Å². The molecule has 0 aliphatic rings. The van der Waals surface area contributed by atoms with Crippen molar-refractivity contribution in [3.8, 4) is 5.69 Å². The number of rotatable bonds is 5. The molecule has 1 aromatic carbocycles. The van der Waals surface area contributed by atoms with E-state index in [0.717, 1.165) is 5.56 Å². The number of carbonyl (C=O) groups is 1. The van der Waals surface area contributed by atoms with Crippen molar-refractivity contribution in [2.75, 3.05) is 0 Å². The molecule has 7 heteroatoms. The molecule has 1 heterocycles. The smallest absolute Gasteiger partial charge is 0.305 e. The second-order valence-electron chi connectivity index (χ2n) is 4.76. The standard InChI is InChI=1S/C14H15N3O4/c1-9-4-5-12(13(7-9)17(20)21)16-6-2-3-11(16)10(15)8-14(18)19/h2-7,10H,8,15H2,1H3,(H,18,19). The Balaban J connectivity index is 2.51. The Labute approximate surface area is 120 Å². The highest BCUT2D eigenvalue weighted by Crippen LogP contribution is 2.28. The van der Waals surface area contributed by atoms with Gasteiger partial charge in [-0.25, -0.2) is 0 Å². The molecule has 0 radical (unpaired) electrons. The Bertz CT molecular complexity index is 693. The van der Waals surface area contributed by atoms with Gasteiger partial charge in [-0.05, 0) is 30.7 Å². The van der Waals surface area contributed by atoms with Crippen molar-refractivity contribution >= 4 is 11.7 Å². The van der Waals surface area contributed by atoms with E-state index >= 15 is 0 Å². The van der Waals surface area contributed by atoms with Crippen LogP contribution in [0.25, 0.3) is 5.69 Å². The number of benzene rings is 1. The monoisotopic (exact) mass is 289 g/mol. The third-order valence-corrected chi connectivity index (χ3v) is 3.14. The van der Waals surface area contributed by atoms with Crippen LogP contribution in [0.4, 0.5) is 5.69 Å². The lowest BCUT2D eigenvalue weighted by atomic mass is 10.1. The molecule has 7 nitrogen and oxygen atoms in total. The quantitative estimate of drug-likeness (QED) is 0.647. The van der Waals surface area contributed by atoms with Gasteiger partial charge in [0, 0.05) is 18.0 Å². The fourth-order valence-corrected chi connectivity index (χ4v) is 2.19. The van der Waals surface area contributed by atoms with Crippen LogP contribution in [0.5, 0.6) is 0 Å². The van der Waals surface area contributed by atoms with E-state index in [1.54, 1.807) is 42.0 Å². The molecule has 1 unspecified atom stereocenters. The summed E-state index contributed by atoms with van der Waals surface area (Å²) >= 11 is 0. The van der Waals surface area contributed by atoms with E-state index in [1.165, 1.54) is 6.07 Å². The number of carboxylic acids is 1. The lowest BCUT2D eigenvalue weighted by molar-refractivity contribution is -0.384. The molecule has 0 spiro atoms. The van der Waals surface area contributed by atoms with Crippen molar-refractivity contribution in [1.82, 2.24) is 4.57 Å². The minimum absolute atomic E-state index is 0.0463. The van der Waals surface area contributed by atoms with E-state index in [1.807, 2.05) is 0 Å². The molecule has 0 saturated heterocycles. The van der Waals surface area contributed by atoms with Gasteiger partial charge < -0.3 is 15.4 Å². The molecule has 0 bridgehead atoms. The van der Waals surface area contributed by atoms with Gasteiger partial charge in [0.2, 0.25) is 0 Å². The third kappa shape index (κ3) is 3.09. The molecule has 21 heavy (non-hydrogen) atoms. The van der Waals surface area contributed by atoms with E-state index in [0.29, 0.717) is 11.4 Å². The van der Waals surface area contributed by atoms with Crippen molar-refractivity contribution in [2.45, 2.75) is 19.4 Å². The zero-order valence-corrected chi connectivity index (χ0v) is 11.4. The first kappa shape index (κ1) is 14.7. The van der Waals surface area contributed by atoms with Crippen molar-refractivity contribution in [1.29, 1.82) is 0 Å². The van der Waals surface area contributed by atoms with Gasteiger partial charge in [-0.1, -0.05) is 6.07 Å². The second-order valence-corrected chi connectivity index (χ2v) is 4.76. The zero-order chi connectivity index (χ0) is 15.6. The van der Waals surface area contributed by atoms with Crippen LogP contribution in [0.15, 0.2) is 36.5 Å². The highest BCUT2D eigenvalue weighted by atomic mass is 16.6. The number of nitrogens with zero attached hydrogens (tertiary/aromatic N) is 2. The molecule has 1 aromatic heterocycles. The van der Waals surface area contributed by atoms with Gasteiger partial charge >= 0.3 is 5.97 Å². The molecule has 1 atom stereocenters. The van der Waals surface area contributed by atoms with E-state index in [4.69, 9.17) is 10.8 Å². The Morgan fingerprint density at radius 2 is 2.19 bits per heavy atom. The zero-order valence-electron chi connectivity index (χ0n) is 11.4. The first-order valence-electron chi connectivity index (χ1n) is 6.30. The molecule has 0 fully saturated rings. The van der Waals surface area contributed by atoms with Crippen LogP contribution >= 0.6 is 0 Å². The summed E-state index contributed by atoms with van der Waals surface area (Å²) in [7, 11) is 0. The van der Waals surface area contributed by atoms with Crippen molar-refractivity contribution in [3.63, 3.8) is 0 Å². The summed E-state index contributed by atoms with van der Waals surface area (Å²) in [4.78, 5) is 21.5. The van der Waals surface area contributed by atoms with Gasteiger partial charge in [-0.3, -0.25) is 14.9 Å². The Morgan fingerprint density at radius 1 is 1.48 bits per heavy atom. The van der Waals surface area contributed by atoms with Gasteiger partial charge in [0.05, 0.1) is 17.4 Å². The minimum Gasteiger partial charge on any atom is -0.481 e. The number of nitrogens with two attached hydrogens (primary N) is 1. The first-order chi connectivity index (χ1) is 9.90. The highest BCUT2D eigenvalue weighted by molar-refractivity contribution is 5.68. The summed E-state index contributed by atoms with van der Waals surface area (Å²) in [6.07, 6.45) is 1.39. The predicted molar refractivity (Wildman–Crippen MR) is 76.3 cm³/mol. The summed E-state index contributed by atoms with van der Waals surface area (Å²) in [5.41, 5.74) is 7.47. The summed E-state index contributed by atoms with van der Waals surface area (Å²) in [6, 6.07) is 7.47. The SMILES string of the molecule is Cc1ccc(-n2cccc2C(N)CC(=O)O)c([N+](=O)[O-])c1. The second kappa shape index (κ2) is 5.76. The molecule has 110 valence electrons. The van der Waals surface area contributed by atoms with Crippen LogP contribution in [0.3, 0.4) is 0 Å². The van der Waals surface area contributed by atoms with Crippen molar-refractivity contribution < 1.29 is 14.8 Å². The number of aromatic nitrogens is 1. The molecular weight excluding hydrogens is 274 g/mol. The number of hydrogen-bond acceptors (Lipinski definition) is 4. The number of hydrogen-bond donors (Lipinski definition) is 2. The average Bonchev–Trinajstić information content (AvgIpc) is 2.86. The Morgan fingerprint density at radius 3 is 2.81 bits per heavy atom.